The van der Waals surface area contributed by atoms with E-state index in [1.54, 1.807) is 11.3 Å². The Morgan fingerprint density at radius 1 is 1.12 bits per heavy atom. The van der Waals surface area contributed by atoms with Crippen LogP contribution in [0.4, 0.5) is 5.13 Å². The number of hydrogen-bond donors (Lipinski definition) is 0. The van der Waals surface area contributed by atoms with Gasteiger partial charge in [-0.1, -0.05) is 29.8 Å². The molecule has 0 spiro atoms. The zero-order chi connectivity index (χ0) is 18.1. The van der Waals surface area contributed by atoms with Crippen molar-refractivity contribution in [3.8, 4) is 11.4 Å². The standard InChI is InChI=1S/C18H22N6S2/c1-14-3-5-15(6-4-14)16-20-24(18(25)21(16)2)13-22-8-10-23(11-9-22)17-19-7-12-26-17/h3-7,12H,8-11,13H2,1-2H3. The summed E-state index contributed by atoms with van der Waals surface area (Å²) in [5, 5.41) is 7.92. The van der Waals surface area contributed by atoms with Gasteiger partial charge in [-0.25, -0.2) is 9.67 Å². The molecule has 0 aliphatic carbocycles. The molecule has 0 unspecified atom stereocenters. The molecule has 8 heteroatoms. The Kier molecular flexibility index (Phi) is 4.88. The molecule has 4 rings (SSSR count). The largest absolute Gasteiger partial charge is 0.346 e. The number of aromatic nitrogens is 4. The SMILES string of the molecule is Cc1ccc(-c2nn(CN3CCN(c4nccs4)CC3)c(=S)n2C)cc1. The molecule has 1 aromatic carbocycles. The lowest BCUT2D eigenvalue weighted by molar-refractivity contribution is 0.194. The highest BCUT2D eigenvalue weighted by Gasteiger charge is 2.20. The molecule has 136 valence electrons. The lowest BCUT2D eigenvalue weighted by atomic mass is 10.1. The first-order valence-corrected chi connectivity index (χ1v) is 9.98. The van der Waals surface area contributed by atoms with Crippen molar-refractivity contribution in [2.24, 2.45) is 7.05 Å². The Morgan fingerprint density at radius 3 is 2.50 bits per heavy atom. The Hall–Kier alpha value is -2.03. The summed E-state index contributed by atoms with van der Waals surface area (Å²) >= 11 is 7.31. The van der Waals surface area contributed by atoms with Gasteiger partial charge in [-0.05, 0) is 19.1 Å². The number of benzene rings is 1. The quantitative estimate of drug-likeness (QED) is 0.645. The van der Waals surface area contributed by atoms with Gasteiger partial charge in [-0.2, -0.15) is 5.10 Å². The van der Waals surface area contributed by atoms with E-state index in [4.69, 9.17) is 17.3 Å². The highest BCUT2D eigenvalue weighted by Crippen LogP contribution is 2.20. The summed E-state index contributed by atoms with van der Waals surface area (Å²) in [5.74, 6) is 0.913. The van der Waals surface area contributed by atoms with Crippen LogP contribution in [-0.4, -0.2) is 50.4 Å². The van der Waals surface area contributed by atoms with Crippen LogP contribution >= 0.6 is 23.6 Å². The highest BCUT2D eigenvalue weighted by atomic mass is 32.1. The summed E-state index contributed by atoms with van der Waals surface area (Å²) in [6.07, 6.45) is 1.87. The molecule has 3 heterocycles. The van der Waals surface area contributed by atoms with Gasteiger partial charge in [0.1, 0.15) is 0 Å². The van der Waals surface area contributed by atoms with Crippen LogP contribution in [0.5, 0.6) is 0 Å². The third-order valence-electron chi connectivity index (χ3n) is 4.75. The molecule has 0 bridgehead atoms. The van der Waals surface area contributed by atoms with E-state index in [1.165, 1.54) is 5.56 Å². The second kappa shape index (κ2) is 7.30. The first-order valence-electron chi connectivity index (χ1n) is 8.69. The molecule has 2 aromatic heterocycles. The topological polar surface area (TPSA) is 42.1 Å². The molecule has 6 nitrogen and oxygen atoms in total. The lowest BCUT2D eigenvalue weighted by Crippen LogP contribution is -2.46. The van der Waals surface area contributed by atoms with Crippen LogP contribution in [0, 0.1) is 11.7 Å². The molecule has 0 radical (unpaired) electrons. The number of piperazine rings is 1. The smallest absolute Gasteiger partial charge is 0.199 e. The highest BCUT2D eigenvalue weighted by molar-refractivity contribution is 7.71. The molecular weight excluding hydrogens is 364 g/mol. The average molecular weight is 387 g/mol. The Labute approximate surface area is 162 Å². The van der Waals surface area contributed by atoms with Crippen molar-refractivity contribution < 1.29 is 0 Å². The first kappa shape index (κ1) is 17.4. The molecule has 0 amide bonds. The van der Waals surface area contributed by atoms with Crippen LogP contribution in [0.15, 0.2) is 35.8 Å². The number of rotatable bonds is 4. The zero-order valence-corrected chi connectivity index (χ0v) is 16.6. The van der Waals surface area contributed by atoms with Gasteiger partial charge in [0.15, 0.2) is 15.7 Å². The van der Waals surface area contributed by atoms with E-state index in [1.807, 2.05) is 27.9 Å². The van der Waals surface area contributed by atoms with Crippen molar-refractivity contribution in [3.63, 3.8) is 0 Å². The second-order valence-corrected chi connectivity index (χ2v) is 7.83. The van der Waals surface area contributed by atoms with Gasteiger partial charge in [-0.3, -0.25) is 4.90 Å². The predicted octanol–water partition coefficient (Wildman–Crippen LogP) is 3.16. The van der Waals surface area contributed by atoms with E-state index in [2.05, 4.69) is 46.0 Å². The summed E-state index contributed by atoms with van der Waals surface area (Å²) in [4.78, 5) is 9.14. The third kappa shape index (κ3) is 3.44. The average Bonchev–Trinajstić information content (AvgIpc) is 3.28. The molecule has 26 heavy (non-hydrogen) atoms. The maximum absolute atomic E-state index is 5.61. The van der Waals surface area contributed by atoms with Gasteiger partial charge >= 0.3 is 0 Å². The van der Waals surface area contributed by atoms with E-state index in [0.29, 0.717) is 0 Å². The summed E-state index contributed by atoms with van der Waals surface area (Å²) in [6, 6.07) is 8.41. The molecule has 1 saturated heterocycles. The molecule has 0 saturated carbocycles. The third-order valence-corrected chi connectivity index (χ3v) is 6.06. The molecule has 3 aromatic rings. The van der Waals surface area contributed by atoms with Crippen LogP contribution in [0.3, 0.4) is 0 Å². The number of aryl methyl sites for hydroxylation is 1. The van der Waals surface area contributed by atoms with Gasteiger partial charge in [0, 0.05) is 50.4 Å². The molecule has 1 fully saturated rings. The van der Waals surface area contributed by atoms with Crippen LogP contribution in [0.25, 0.3) is 11.4 Å². The maximum Gasteiger partial charge on any atom is 0.199 e. The lowest BCUT2D eigenvalue weighted by Gasteiger charge is -2.34. The molecule has 0 N–H and O–H groups in total. The zero-order valence-electron chi connectivity index (χ0n) is 15.0. The normalized spacial score (nSPS) is 15.5. The van der Waals surface area contributed by atoms with Crippen molar-refractivity contribution in [2.45, 2.75) is 13.6 Å². The van der Waals surface area contributed by atoms with Gasteiger partial charge in [0.05, 0.1) is 6.67 Å². The van der Waals surface area contributed by atoms with Crippen LogP contribution in [0.2, 0.25) is 0 Å². The van der Waals surface area contributed by atoms with Crippen LogP contribution < -0.4 is 4.90 Å². The first-order chi connectivity index (χ1) is 12.6. The number of thiazole rings is 1. The van der Waals surface area contributed by atoms with E-state index >= 15 is 0 Å². The number of hydrogen-bond acceptors (Lipinski definition) is 6. The summed E-state index contributed by atoms with van der Waals surface area (Å²) in [6.45, 7) is 6.75. The van der Waals surface area contributed by atoms with Gasteiger partial charge in [0.2, 0.25) is 0 Å². The molecular formula is C18H22N6S2. The van der Waals surface area contributed by atoms with Gasteiger partial charge in [-0.15, -0.1) is 11.3 Å². The van der Waals surface area contributed by atoms with Crippen LogP contribution in [-0.2, 0) is 13.7 Å². The number of anilines is 1. The summed E-state index contributed by atoms with van der Waals surface area (Å²) < 4.78 is 4.68. The predicted molar refractivity (Wildman–Crippen MR) is 108 cm³/mol. The minimum Gasteiger partial charge on any atom is -0.346 e. The minimum atomic E-state index is 0.726. The summed E-state index contributed by atoms with van der Waals surface area (Å²) in [7, 11) is 1.99. The van der Waals surface area contributed by atoms with Crippen molar-refractivity contribution in [1.82, 2.24) is 24.2 Å². The van der Waals surface area contributed by atoms with Gasteiger partial charge in [0.25, 0.3) is 0 Å². The van der Waals surface area contributed by atoms with Crippen molar-refractivity contribution in [2.75, 3.05) is 31.1 Å². The van der Waals surface area contributed by atoms with Crippen molar-refractivity contribution in [1.29, 1.82) is 0 Å². The maximum atomic E-state index is 5.61. The Balaban J connectivity index is 1.47. The number of nitrogens with zero attached hydrogens (tertiary/aromatic N) is 6. The Bertz CT molecular complexity index is 918. The monoisotopic (exact) mass is 386 g/mol. The van der Waals surface area contributed by atoms with Crippen molar-refractivity contribution >= 4 is 28.7 Å². The van der Waals surface area contributed by atoms with Crippen LogP contribution in [0.1, 0.15) is 5.56 Å². The fourth-order valence-corrected chi connectivity index (χ4v) is 4.06. The Morgan fingerprint density at radius 2 is 1.85 bits per heavy atom. The fraction of sp³-hybridized carbons (Fsp3) is 0.389. The molecule has 1 aliphatic heterocycles. The van der Waals surface area contributed by atoms with Gasteiger partial charge < -0.3 is 9.47 Å². The minimum absolute atomic E-state index is 0.726. The second-order valence-electron chi connectivity index (χ2n) is 6.59. The van der Waals surface area contributed by atoms with E-state index < -0.39 is 0 Å². The summed E-state index contributed by atoms with van der Waals surface area (Å²) in [5.41, 5.74) is 2.34. The van der Waals surface area contributed by atoms with Crippen molar-refractivity contribution in [3.05, 3.63) is 46.2 Å². The molecule has 1 aliphatic rings. The fourth-order valence-electron chi connectivity index (χ4n) is 3.18. The molecule has 0 atom stereocenters. The van der Waals surface area contributed by atoms with E-state index in [-0.39, 0.29) is 0 Å². The van der Waals surface area contributed by atoms with E-state index in [9.17, 15) is 0 Å². The van der Waals surface area contributed by atoms with E-state index in [0.717, 1.165) is 54.1 Å².